The molecule has 0 saturated carbocycles. The molecule has 4 rings (SSSR count). The van der Waals surface area contributed by atoms with E-state index in [9.17, 15) is 9.59 Å². The van der Waals surface area contributed by atoms with Gasteiger partial charge in [0.25, 0.3) is 0 Å². The van der Waals surface area contributed by atoms with Crippen LogP contribution in [-0.4, -0.2) is 39.6 Å². The zero-order valence-corrected chi connectivity index (χ0v) is 21.9. The zero-order valence-electron chi connectivity index (χ0n) is 21.1. The highest BCUT2D eigenvalue weighted by molar-refractivity contribution is 8.16. The number of allylic oxidation sites excluding steroid dienone is 1. The van der Waals surface area contributed by atoms with Crippen LogP contribution in [0, 0.1) is 0 Å². The van der Waals surface area contributed by atoms with Gasteiger partial charge in [0.15, 0.2) is 5.17 Å². The highest BCUT2D eigenvalue weighted by atomic mass is 32.2. The Labute approximate surface area is 215 Å². The summed E-state index contributed by atoms with van der Waals surface area (Å²) in [6, 6.07) is 12.6. The van der Waals surface area contributed by atoms with Crippen molar-refractivity contribution in [3.8, 4) is 5.75 Å². The maximum Gasteiger partial charge on any atom is 0.338 e. The molecule has 0 fully saturated rings. The number of ether oxygens (including phenoxy) is 2. The molecule has 1 N–H and O–H groups in total. The Morgan fingerprint density at radius 2 is 1.89 bits per heavy atom. The lowest BCUT2D eigenvalue weighted by Crippen LogP contribution is -2.39. The largest absolute Gasteiger partial charge is 0.497 e. The molecule has 0 aliphatic carbocycles. The van der Waals surface area contributed by atoms with Crippen molar-refractivity contribution in [2.75, 3.05) is 7.11 Å². The van der Waals surface area contributed by atoms with Gasteiger partial charge in [0.1, 0.15) is 11.4 Å². The number of rotatable bonds is 7. The van der Waals surface area contributed by atoms with Gasteiger partial charge >= 0.3 is 5.97 Å². The molecule has 1 atom stereocenters. The van der Waals surface area contributed by atoms with E-state index in [0.717, 1.165) is 17.0 Å². The quantitative estimate of drug-likeness (QED) is 0.544. The van der Waals surface area contributed by atoms with E-state index in [2.05, 4.69) is 10.3 Å². The van der Waals surface area contributed by atoms with Crippen LogP contribution in [0.15, 0.2) is 76.0 Å². The fourth-order valence-corrected chi connectivity index (χ4v) is 4.95. The molecule has 2 aliphatic heterocycles. The second kappa shape index (κ2) is 10.6. The Hall–Kier alpha value is -3.59. The number of carbonyl (C=O) groups excluding carboxylic acids is 2. The SMILES string of the molecule is COc1ccc(C2C(C(=O)OC(C)(C)C)=C(C)N=C3SC=C(CC(=O)NCc4ccccn4)N32)cc1. The molecule has 8 nitrogen and oxygen atoms in total. The van der Waals surface area contributed by atoms with Crippen LogP contribution in [0.1, 0.15) is 51.4 Å². The number of carbonyl (C=O) groups is 2. The van der Waals surface area contributed by atoms with Crippen molar-refractivity contribution in [2.45, 2.75) is 52.3 Å². The van der Waals surface area contributed by atoms with Crippen LogP contribution in [-0.2, 0) is 20.9 Å². The van der Waals surface area contributed by atoms with E-state index in [4.69, 9.17) is 14.5 Å². The van der Waals surface area contributed by atoms with Gasteiger partial charge in [0, 0.05) is 11.9 Å². The fraction of sp³-hybridized carbons (Fsp3) is 0.333. The summed E-state index contributed by atoms with van der Waals surface area (Å²) in [5, 5.41) is 5.56. The van der Waals surface area contributed by atoms with E-state index < -0.39 is 17.6 Å². The van der Waals surface area contributed by atoms with Crippen molar-refractivity contribution in [2.24, 2.45) is 4.99 Å². The number of thioether (sulfide) groups is 1. The van der Waals surface area contributed by atoms with Crippen LogP contribution in [0.2, 0.25) is 0 Å². The maximum atomic E-state index is 13.4. The van der Waals surface area contributed by atoms with Crippen LogP contribution in [0.3, 0.4) is 0 Å². The first-order valence-electron chi connectivity index (χ1n) is 11.6. The van der Waals surface area contributed by atoms with Crippen molar-refractivity contribution in [3.05, 3.63) is 82.3 Å². The van der Waals surface area contributed by atoms with Crippen molar-refractivity contribution in [3.63, 3.8) is 0 Å². The second-order valence-corrected chi connectivity index (χ2v) is 10.3. The minimum atomic E-state index is -0.664. The third-order valence-corrected chi connectivity index (χ3v) is 6.47. The van der Waals surface area contributed by atoms with Gasteiger partial charge < -0.3 is 19.7 Å². The predicted octanol–water partition coefficient (Wildman–Crippen LogP) is 4.71. The van der Waals surface area contributed by atoms with Gasteiger partial charge in [-0.15, -0.1) is 0 Å². The number of fused-ring (bicyclic) bond motifs is 1. The number of amidine groups is 1. The van der Waals surface area contributed by atoms with Gasteiger partial charge in [-0.3, -0.25) is 9.78 Å². The summed E-state index contributed by atoms with van der Waals surface area (Å²) in [7, 11) is 1.61. The lowest BCUT2D eigenvalue weighted by Gasteiger charge is -2.37. The summed E-state index contributed by atoms with van der Waals surface area (Å²) >= 11 is 1.44. The van der Waals surface area contributed by atoms with Gasteiger partial charge in [-0.05, 0) is 62.9 Å². The van der Waals surface area contributed by atoms with Gasteiger partial charge in [-0.25, -0.2) is 9.79 Å². The van der Waals surface area contributed by atoms with E-state index in [1.165, 1.54) is 11.8 Å². The third-order valence-electron chi connectivity index (χ3n) is 5.59. The summed E-state index contributed by atoms with van der Waals surface area (Å²) in [5.41, 5.74) is 2.78. The number of benzene rings is 1. The highest BCUT2D eigenvalue weighted by Crippen LogP contribution is 2.45. The molecule has 2 aliphatic rings. The first kappa shape index (κ1) is 25.5. The monoisotopic (exact) mass is 506 g/mol. The summed E-state index contributed by atoms with van der Waals surface area (Å²) in [6.45, 7) is 7.67. The number of nitrogens with one attached hydrogen (secondary N) is 1. The van der Waals surface area contributed by atoms with Crippen LogP contribution < -0.4 is 10.1 Å². The first-order valence-corrected chi connectivity index (χ1v) is 12.5. The molecule has 3 heterocycles. The lowest BCUT2D eigenvalue weighted by atomic mass is 9.93. The van der Waals surface area contributed by atoms with Gasteiger partial charge in [-0.1, -0.05) is 30.0 Å². The average Bonchev–Trinajstić information content (AvgIpc) is 3.23. The smallest absolute Gasteiger partial charge is 0.338 e. The Morgan fingerprint density at radius 3 is 2.53 bits per heavy atom. The van der Waals surface area contributed by atoms with Crippen LogP contribution in [0.5, 0.6) is 5.75 Å². The molecule has 2 aromatic rings. The first-order chi connectivity index (χ1) is 17.2. The molecule has 1 aromatic carbocycles. The van der Waals surface area contributed by atoms with Gasteiger partial charge in [-0.2, -0.15) is 0 Å². The second-order valence-electron chi connectivity index (χ2n) is 9.44. The van der Waals surface area contributed by atoms with E-state index >= 15 is 0 Å². The van der Waals surface area contributed by atoms with Crippen molar-refractivity contribution < 1.29 is 19.1 Å². The van der Waals surface area contributed by atoms with Crippen LogP contribution in [0.4, 0.5) is 0 Å². The molecule has 1 unspecified atom stereocenters. The van der Waals surface area contributed by atoms with E-state index in [-0.39, 0.29) is 12.3 Å². The van der Waals surface area contributed by atoms with Crippen LogP contribution >= 0.6 is 11.8 Å². The van der Waals surface area contributed by atoms with Crippen LogP contribution in [0.25, 0.3) is 0 Å². The Kier molecular flexibility index (Phi) is 7.49. The van der Waals surface area contributed by atoms with E-state index in [0.29, 0.717) is 28.7 Å². The van der Waals surface area contributed by atoms with Crippen molar-refractivity contribution in [1.29, 1.82) is 0 Å². The zero-order chi connectivity index (χ0) is 25.9. The number of hydrogen-bond donors (Lipinski definition) is 1. The summed E-state index contributed by atoms with van der Waals surface area (Å²) in [6.07, 6.45) is 1.83. The molecule has 1 amide bonds. The van der Waals surface area contributed by atoms with Crippen molar-refractivity contribution in [1.82, 2.24) is 15.2 Å². The summed E-state index contributed by atoms with van der Waals surface area (Å²) < 4.78 is 11.1. The molecular weight excluding hydrogens is 476 g/mol. The van der Waals surface area contributed by atoms with Gasteiger partial charge in [0.05, 0.1) is 43.1 Å². The predicted molar refractivity (Wildman–Crippen MR) is 140 cm³/mol. The molecule has 36 heavy (non-hydrogen) atoms. The topological polar surface area (TPSA) is 93.1 Å². The highest BCUT2D eigenvalue weighted by Gasteiger charge is 2.41. The Morgan fingerprint density at radius 1 is 1.14 bits per heavy atom. The Bertz CT molecular complexity index is 1230. The average molecular weight is 507 g/mol. The van der Waals surface area contributed by atoms with E-state index in [1.54, 1.807) is 13.3 Å². The van der Waals surface area contributed by atoms with Gasteiger partial charge in [0.2, 0.25) is 5.91 Å². The molecule has 9 heteroatoms. The normalized spacial score (nSPS) is 17.2. The minimum Gasteiger partial charge on any atom is -0.497 e. The molecule has 0 saturated heterocycles. The number of aromatic nitrogens is 1. The number of pyridine rings is 1. The molecule has 1 aromatic heterocycles. The number of hydrogen-bond acceptors (Lipinski definition) is 8. The number of aliphatic imine (C=N–C) groups is 1. The minimum absolute atomic E-state index is 0.131. The molecule has 0 spiro atoms. The summed E-state index contributed by atoms with van der Waals surface area (Å²) in [4.78, 5) is 37.2. The van der Waals surface area contributed by atoms with Crippen molar-refractivity contribution >= 4 is 28.8 Å². The molecule has 0 radical (unpaired) electrons. The molecule has 188 valence electrons. The fourth-order valence-electron chi connectivity index (χ4n) is 3.98. The lowest BCUT2D eigenvalue weighted by molar-refractivity contribution is -0.150. The molecular formula is C27H30N4O4S. The summed E-state index contributed by atoms with van der Waals surface area (Å²) in [5.74, 6) is 0.134. The standard InChI is InChI=1S/C27H30N4O4S/c1-17-23(25(33)35-27(2,3)4)24(18-9-11-21(34-5)12-10-18)31-20(16-36-26(31)30-17)14-22(32)29-15-19-8-6-7-13-28-19/h6-13,16,24H,14-15H2,1-5H3,(H,29,32). The number of methoxy groups -OCH3 is 1. The number of esters is 1. The molecule has 0 bridgehead atoms. The maximum absolute atomic E-state index is 13.4. The Balaban J connectivity index is 1.63. The van der Waals surface area contributed by atoms with E-state index in [1.807, 2.05) is 80.5 Å². The number of amides is 1. The number of nitrogens with zero attached hydrogens (tertiary/aromatic N) is 3. The third kappa shape index (κ3) is 5.79.